The van der Waals surface area contributed by atoms with E-state index >= 15 is 0 Å². The summed E-state index contributed by atoms with van der Waals surface area (Å²) < 4.78 is 0. The molecule has 0 aromatic heterocycles. The van der Waals surface area contributed by atoms with Gasteiger partial charge in [-0.3, -0.25) is 0 Å². The maximum atomic E-state index is 8.98. The van der Waals surface area contributed by atoms with Crippen LogP contribution in [0.5, 0.6) is 0 Å². The first-order valence-corrected chi connectivity index (χ1v) is 5.13. The highest BCUT2D eigenvalue weighted by Gasteiger charge is 1.93. The van der Waals surface area contributed by atoms with Gasteiger partial charge in [-0.25, -0.2) is 0 Å². The third-order valence-corrected chi connectivity index (χ3v) is 2.05. The van der Waals surface area contributed by atoms with Crippen molar-refractivity contribution >= 4 is 0 Å². The number of aliphatic hydroxyl groups is 1. The van der Waals surface area contributed by atoms with Gasteiger partial charge in [-0.2, -0.15) is 0 Å². The summed E-state index contributed by atoms with van der Waals surface area (Å²) in [5, 5.41) is 8.98. The van der Waals surface area contributed by atoms with E-state index in [0.29, 0.717) is 0 Å². The molecule has 0 fully saturated rings. The Bertz CT molecular complexity index is 116. The fraction of sp³-hybridized carbons (Fsp3) is 0.818. The molecule has 1 heteroatoms. The van der Waals surface area contributed by atoms with E-state index in [-0.39, 0.29) is 6.61 Å². The molecule has 0 radical (unpaired) electrons. The lowest BCUT2D eigenvalue weighted by Crippen LogP contribution is -1.90. The van der Waals surface area contributed by atoms with Crippen LogP contribution in [0.15, 0.2) is 11.6 Å². The molecule has 1 nitrogen and oxygen atoms in total. The second-order valence-electron chi connectivity index (χ2n) is 3.27. The Hall–Kier alpha value is -0.300. The van der Waals surface area contributed by atoms with E-state index in [1.807, 2.05) is 0 Å². The van der Waals surface area contributed by atoms with E-state index in [9.17, 15) is 0 Å². The third kappa shape index (κ3) is 6.41. The predicted molar refractivity (Wildman–Crippen MR) is 54.2 cm³/mol. The number of hydrogen-bond donors (Lipinski definition) is 1. The van der Waals surface area contributed by atoms with Crippen molar-refractivity contribution in [3.05, 3.63) is 11.6 Å². The average Bonchev–Trinajstić information content (AvgIpc) is 2.11. The number of hydrogen-bond acceptors (Lipinski definition) is 1. The van der Waals surface area contributed by atoms with Gasteiger partial charge in [-0.1, -0.05) is 39.2 Å². The average molecular weight is 170 g/mol. The summed E-state index contributed by atoms with van der Waals surface area (Å²) >= 11 is 0. The summed E-state index contributed by atoms with van der Waals surface area (Å²) in [6.45, 7) is 4.63. The van der Waals surface area contributed by atoms with Crippen LogP contribution in [0.2, 0.25) is 0 Å². The lowest BCUT2D eigenvalue weighted by Gasteiger charge is -2.02. The summed E-state index contributed by atoms with van der Waals surface area (Å²) in [5.74, 6) is 0. The minimum atomic E-state index is 0.254. The van der Waals surface area contributed by atoms with Gasteiger partial charge >= 0.3 is 0 Å². The first-order chi connectivity index (χ1) is 5.85. The second kappa shape index (κ2) is 8.79. The molecule has 0 amide bonds. The largest absolute Gasteiger partial charge is 0.392 e. The monoisotopic (exact) mass is 170 g/mol. The molecule has 0 aromatic carbocycles. The van der Waals surface area contributed by atoms with Gasteiger partial charge in [0.2, 0.25) is 0 Å². The van der Waals surface area contributed by atoms with E-state index in [2.05, 4.69) is 19.9 Å². The molecule has 0 bridgehead atoms. The van der Waals surface area contributed by atoms with Crippen LogP contribution >= 0.6 is 0 Å². The lowest BCUT2D eigenvalue weighted by atomic mass is 10.1. The number of allylic oxidation sites excluding steroid dienone is 1. The molecule has 0 saturated heterocycles. The normalized spacial score (nSPS) is 12.1. The van der Waals surface area contributed by atoms with E-state index in [0.717, 1.165) is 12.8 Å². The topological polar surface area (TPSA) is 20.2 Å². The second-order valence-corrected chi connectivity index (χ2v) is 3.27. The van der Waals surface area contributed by atoms with Crippen molar-refractivity contribution in [2.24, 2.45) is 0 Å². The van der Waals surface area contributed by atoms with Crippen LogP contribution < -0.4 is 0 Å². The molecule has 0 rings (SSSR count). The van der Waals surface area contributed by atoms with Crippen LogP contribution in [0.25, 0.3) is 0 Å². The summed E-state index contributed by atoms with van der Waals surface area (Å²) in [6, 6.07) is 0. The van der Waals surface area contributed by atoms with Gasteiger partial charge in [0, 0.05) is 0 Å². The zero-order valence-corrected chi connectivity index (χ0v) is 8.47. The number of rotatable bonds is 7. The minimum Gasteiger partial charge on any atom is -0.392 e. The Morgan fingerprint density at radius 1 is 1.17 bits per heavy atom. The number of aliphatic hydroxyl groups excluding tert-OH is 1. The molecule has 0 aromatic rings. The van der Waals surface area contributed by atoms with Crippen LogP contribution in [0.4, 0.5) is 0 Å². The van der Waals surface area contributed by atoms with Crippen LogP contribution in [0, 0.1) is 0 Å². The first kappa shape index (κ1) is 11.7. The molecule has 12 heavy (non-hydrogen) atoms. The van der Waals surface area contributed by atoms with Crippen LogP contribution in [-0.2, 0) is 0 Å². The van der Waals surface area contributed by atoms with Crippen molar-refractivity contribution in [2.45, 2.75) is 52.4 Å². The van der Waals surface area contributed by atoms with Crippen LogP contribution in [0.1, 0.15) is 52.4 Å². The van der Waals surface area contributed by atoms with Crippen molar-refractivity contribution in [3.63, 3.8) is 0 Å². The predicted octanol–water partition coefficient (Wildman–Crippen LogP) is 3.29. The molecule has 0 heterocycles. The highest BCUT2D eigenvalue weighted by Crippen LogP contribution is 2.08. The molecule has 0 spiro atoms. The molecule has 72 valence electrons. The Morgan fingerprint density at radius 3 is 2.33 bits per heavy atom. The molecular formula is C11H22O. The Balaban J connectivity index is 3.55. The van der Waals surface area contributed by atoms with Gasteiger partial charge in [0.1, 0.15) is 0 Å². The lowest BCUT2D eigenvalue weighted by molar-refractivity contribution is 0.325. The smallest absolute Gasteiger partial charge is 0.0641 e. The van der Waals surface area contributed by atoms with Gasteiger partial charge < -0.3 is 5.11 Å². The standard InChI is InChI=1S/C11H22O/c1-3-5-7-9-11(10-12)8-6-4-2/h9,12H,3-8,10H2,1-2H3/b11-9+. The van der Waals surface area contributed by atoms with Crippen molar-refractivity contribution < 1.29 is 5.11 Å². The van der Waals surface area contributed by atoms with Gasteiger partial charge in [-0.15, -0.1) is 0 Å². The highest BCUT2D eigenvalue weighted by atomic mass is 16.3. The molecule has 0 atom stereocenters. The fourth-order valence-electron chi connectivity index (χ4n) is 1.16. The highest BCUT2D eigenvalue weighted by molar-refractivity contribution is 5.01. The molecule has 1 N–H and O–H groups in total. The minimum absolute atomic E-state index is 0.254. The van der Waals surface area contributed by atoms with Gasteiger partial charge in [0.15, 0.2) is 0 Å². The van der Waals surface area contributed by atoms with Crippen LogP contribution in [-0.4, -0.2) is 11.7 Å². The van der Waals surface area contributed by atoms with Crippen LogP contribution in [0.3, 0.4) is 0 Å². The van der Waals surface area contributed by atoms with E-state index < -0.39 is 0 Å². The van der Waals surface area contributed by atoms with E-state index in [4.69, 9.17) is 5.11 Å². The molecule has 0 saturated carbocycles. The summed E-state index contributed by atoms with van der Waals surface area (Å²) in [5.41, 5.74) is 1.23. The SMILES string of the molecule is CCCC/C=C(/CO)CCCC. The quantitative estimate of drug-likeness (QED) is 0.459. The molecular weight excluding hydrogens is 148 g/mol. The summed E-state index contributed by atoms with van der Waals surface area (Å²) in [7, 11) is 0. The van der Waals surface area contributed by atoms with E-state index in [1.165, 1.54) is 31.3 Å². The first-order valence-electron chi connectivity index (χ1n) is 5.13. The van der Waals surface area contributed by atoms with E-state index in [1.54, 1.807) is 0 Å². The van der Waals surface area contributed by atoms with Crippen molar-refractivity contribution in [1.82, 2.24) is 0 Å². The molecule has 0 aliphatic heterocycles. The zero-order valence-electron chi connectivity index (χ0n) is 8.47. The van der Waals surface area contributed by atoms with Gasteiger partial charge in [0.25, 0.3) is 0 Å². The molecule has 0 aliphatic rings. The number of unbranched alkanes of at least 4 members (excludes halogenated alkanes) is 3. The molecule has 0 aliphatic carbocycles. The van der Waals surface area contributed by atoms with Gasteiger partial charge in [-0.05, 0) is 24.8 Å². The Kier molecular flexibility index (Phi) is 8.57. The zero-order chi connectivity index (χ0) is 9.23. The van der Waals surface area contributed by atoms with Crippen molar-refractivity contribution in [2.75, 3.05) is 6.61 Å². The summed E-state index contributed by atoms with van der Waals surface area (Å²) in [4.78, 5) is 0. The van der Waals surface area contributed by atoms with Crippen molar-refractivity contribution in [1.29, 1.82) is 0 Å². The fourth-order valence-corrected chi connectivity index (χ4v) is 1.16. The maximum absolute atomic E-state index is 8.98. The Morgan fingerprint density at radius 2 is 1.83 bits per heavy atom. The maximum Gasteiger partial charge on any atom is 0.0641 e. The Labute approximate surface area is 76.5 Å². The molecule has 0 unspecified atom stereocenters. The third-order valence-electron chi connectivity index (χ3n) is 2.05. The van der Waals surface area contributed by atoms with Crippen molar-refractivity contribution in [3.8, 4) is 0 Å². The van der Waals surface area contributed by atoms with Gasteiger partial charge in [0.05, 0.1) is 6.61 Å². The summed E-state index contributed by atoms with van der Waals surface area (Å²) in [6.07, 6.45) is 9.33.